The van der Waals surface area contributed by atoms with E-state index in [0.717, 1.165) is 35.2 Å². The van der Waals surface area contributed by atoms with Gasteiger partial charge in [0.15, 0.2) is 11.0 Å². The minimum atomic E-state index is -0.282. The Balaban J connectivity index is 1.79. The Kier molecular flexibility index (Phi) is 6.29. The fraction of sp³-hybridized carbons (Fsp3) is 0.286. The average Bonchev–Trinajstić information content (AvgIpc) is 3.05. The minimum absolute atomic E-state index is 0.0469. The number of benzene rings is 2. The molecule has 3 rings (SSSR count). The van der Waals surface area contributed by atoms with Crippen LogP contribution < -0.4 is 5.32 Å². The van der Waals surface area contributed by atoms with Crippen molar-refractivity contribution in [3.05, 3.63) is 60.2 Å². The van der Waals surface area contributed by atoms with Gasteiger partial charge in [-0.3, -0.25) is 4.79 Å². The second kappa shape index (κ2) is 8.86. The molecular formula is C21H24N4OS. The number of aryl methyl sites for hydroxylation is 1. The lowest BCUT2D eigenvalue weighted by Gasteiger charge is -2.13. The van der Waals surface area contributed by atoms with E-state index in [1.54, 1.807) is 0 Å². The number of nitrogens with zero attached hydrogens (tertiary/aromatic N) is 3. The highest BCUT2D eigenvalue weighted by Crippen LogP contribution is 2.28. The van der Waals surface area contributed by atoms with E-state index in [4.69, 9.17) is 0 Å². The third-order valence-electron chi connectivity index (χ3n) is 4.13. The van der Waals surface area contributed by atoms with Crippen molar-refractivity contribution in [3.63, 3.8) is 0 Å². The van der Waals surface area contributed by atoms with Crippen molar-refractivity contribution < 1.29 is 4.79 Å². The highest BCUT2D eigenvalue weighted by molar-refractivity contribution is 8.00. The molecule has 1 N–H and O–H groups in total. The molecule has 2 aromatic carbocycles. The van der Waals surface area contributed by atoms with Gasteiger partial charge in [-0.1, -0.05) is 60.6 Å². The van der Waals surface area contributed by atoms with Crippen molar-refractivity contribution in [1.29, 1.82) is 0 Å². The predicted molar refractivity (Wildman–Crippen MR) is 111 cm³/mol. The summed E-state index contributed by atoms with van der Waals surface area (Å²) < 4.78 is 2.10. The summed E-state index contributed by atoms with van der Waals surface area (Å²) in [7, 11) is 0. The number of hydrogen-bond donors (Lipinski definition) is 1. The van der Waals surface area contributed by atoms with Crippen LogP contribution >= 0.6 is 11.8 Å². The summed E-state index contributed by atoms with van der Waals surface area (Å²) in [6.07, 6.45) is 0.967. The van der Waals surface area contributed by atoms with Gasteiger partial charge in [0.2, 0.25) is 5.91 Å². The molecule has 0 radical (unpaired) electrons. The monoisotopic (exact) mass is 380 g/mol. The van der Waals surface area contributed by atoms with E-state index in [2.05, 4.69) is 46.1 Å². The summed E-state index contributed by atoms with van der Waals surface area (Å²) in [5.74, 6) is 0.799. The van der Waals surface area contributed by atoms with Crippen LogP contribution in [0, 0.1) is 6.92 Å². The number of nitrogens with one attached hydrogen (secondary N) is 1. The van der Waals surface area contributed by atoms with Gasteiger partial charge in [-0.15, -0.1) is 10.2 Å². The molecule has 0 saturated carbocycles. The van der Waals surface area contributed by atoms with Crippen molar-refractivity contribution >= 4 is 23.4 Å². The molecule has 6 heteroatoms. The van der Waals surface area contributed by atoms with E-state index in [1.165, 1.54) is 17.3 Å². The fourth-order valence-electron chi connectivity index (χ4n) is 2.78. The summed E-state index contributed by atoms with van der Waals surface area (Å²) in [5.41, 5.74) is 3.03. The SMILES string of the molecule is CCCn1c(S[C@@H](C)C(=O)Nc2ccccc2)nnc1-c1cccc(C)c1. The Morgan fingerprint density at radius 1 is 1.15 bits per heavy atom. The second-order valence-electron chi connectivity index (χ2n) is 6.44. The number of hydrogen-bond acceptors (Lipinski definition) is 4. The summed E-state index contributed by atoms with van der Waals surface area (Å²) in [4.78, 5) is 12.5. The largest absolute Gasteiger partial charge is 0.325 e. The maximum Gasteiger partial charge on any atom is 0.237 e. The first kappa shape index (κ1) is 19.2. The number of rotatable bonds is 7. The third kappa shape index (κ3) is 4.77. The first-order valence-electron chi connectivity index (χ1n) is 9.11. The average molecular weight is 381 g/mol. The zero-order valence-corrected chi connectivity index (χ0v) is 16.7. The summed E-state index contributed by atoms with van der Waals surface area (Å²) >= 11 is 1.43. The topological polar surface area (TPSA) is 59.8 Å². The number of para-hydroxylation sites is 1. The number of carbonyl (C=O) groups excluding carboxylic acids is 1. The Morgan fingerprint density at radius 3 is 2.63 bits per heavy atom. The molecular weight excluding hydrogens is 356 g/mol. The molecule has 27 heavy (non-hydrogen) atoms. The molecule has 1 atom stereocenters. The lowest BCUT2D eigenvalue weighted by molar-refractivity contribution is -0.115. The van der Waals surface area contributed by atoms with Crippen LogP contribution in [0.4, 0.5) is 5.69 Å². The maximum absolute atomic E-state index is 12.5. The lowest BCUT2D eigenvalue weighted by atomic mass is 10.1. The molecule has 0 spiro atoms. The van der Waals surface area contributed by atoms with Crippen molar-refractivity contribution in [1.82, 2.24) is 14.8 Å². The van der Waals surface area contributed by atoms with Gasteiger partial charge in [-0.25, -0.2) is 0 Å². The summed E-state index contributed by atoms with van der Waals surface area (Å²) in [6, 6.07) is 17.7. The van der Waals surface area contributed by atoms with Crippen molar-refractivity contribution in [2.24, 2.45) is 0 Å². The van der Waals surface area contributed by atoms with Gasteiger partial charge in [0, 0.05) is 17.8 Å². The summed E-state index contributed by atoms with van der Waals surface area (Å²) in [5, 5.41) is 12.2. The third-order valence-corrected chi connectivity index (χ3v) is 5.21. The Labute approximate surface area is 164 Å². The molecule has 0 aliphatic rings. The molecule has 3 aromatic rings. The molecule has 0 bridgehead atoms. The normalized spacial score (nSPS) is 12.0. The van der Waals surface area contributed by atoms with Crippen LogP contribution in [0.2, 0.25) is 0 Å². The van der Waals surface area contributed by atoms with Crippen LogP contribution in [-0.2, 0) is 11.3 Å². The second-order valence-corrected chi connectivity index (χ2v) is 7.75. The number of aromatic nitrogens is 3. The molecule has 0 aliphatic heterocycles. The van der Waals surface area contributed by atoms with Gasteiger partial charge in [0.05, 0.1) is 5.25 Å². The van der Waals surface area contributed by atoms with Crippen molar-refractivity contribution in [2.45, 2.75) is 44.1 Å². The highest BCUT2D eigenvalue weighted by Gasteiger charge is 2.20. The molecule has 0 fully saturated rings. The molecule has 5 nitrogen and oxygen atoms in total. The van der Waals surface area contributed by atoms with Crippen LogP contribution in [-0.4, -0.2) is 25.9 Å². The van der Waals surface area contributed by atoms with E-state index in [9.17, 15) is 4.79 Å². The van der Waals surface area contributed by atoms with E-state index in [1.807, 2.05) is 49.4 Å². The molecule has 1 aromatic heterocycles. The highest BCUT2D eigenvalue weighted by atomic mass is 32.2. The van der Waals surface area contributed by atoms with Gasteiger partial charge >= 0.3 is 0 Å². The van der Waals surface area contributed by atoms with Crippen LogP contribution in [0.25, 0.3) is 11.4 Å². The van der Waals surface area contributed by atoms with Gasteiger partial charge in [0.1, 0.15) is 0 Å². The van der Waals surface area contributed by atoms with Gasteiger partial charge in [-0.05, 0) is 38.5 Å². The van der Waals surface area contributed by atoms with Crippen molar-refractivity contribution in [2.75, 3.05) is 5.32 Å². The van der Waals surface area contributed by atoms with E-state index in [0.29, 0.717) is 0 Å². The van der Waals surface area contributed by atoms with Crippen LogP contribution in [0.3, 0.4) is 0 Å². The number of carbonyl (C=O) groups is 1. The van der Waals surface area contributed by atoms with Crippen molar-refractivity contribution in [3.8, 4) is 11.4 Å². The Hall–Kier alpha value is -2.60. The van der Waals surface area contributed by atoms with Crippen LogP contribution in [0.15, 0.2) is 59.8 Å². The Bertz CT molecular complexity index is 908. The lowest BCUT2D eigenvalue weighted by Crippen LogP contribution is -2.23. The van der Waals surface area contributed by atoms with Gasteiger partial charge < -0.3 is 9.88 Å². The van der Waals surface area contributed by atoms with E-state index < -0.39 is 0 Å². The van der Waals surface area contributed by atoms with E-state index >= 15 is 0 Å². The summed E-state index contributed by atoms with van der Waals surface area (Å²) in [6.45, 7) is 6.89. The number of anilines is 1. The maximum atomic E-state index is 12.5. The Morgan fingerprint density at radius 2 is 1.93 bits per heavy atom. The predicted octanol–water partition coefficient (Wildman–Crippen LogP) is 4.78. The smallest absolute Gasteiger partial charge is 0.237 e. The zero-order chi connectivity index (χ0) is 19.2. The van der Waals surface area contributed by atoms with Gasteiger partial charge in [0.25, 0.3) is 0 Å². The molecule has 140 valence electrons. The standard InChI is InChI=1S/C21H24N4OS/c1-4-13-25-19(17-10-8-9-15(2)14-17)23-24-21(25)27-16(3)20(26)22-18-11-6-5-7-12-18/h5-12,14,16H,4,13H2,1-3H3,(H,22,26)/t16-/m0/s1. The molecule has 1 heterocycles. The van der Waals surface area contributed by atoms with E-state index in [-0.39, 0.29) is 11.2 Å². The van der Waals surface area contributed by atoms with Crippen LogP contribution in [0.5, 0.6) is 0 Å². The first-order chi connectivity index (χ1) is 13.1. The molecule has 0 unspecified atom stereocenters. The molecule has 0 aliphatic carbocycles. The number of amides is 1. The van der Waals surface area contributed by atoms with Gasteiger partial charge in [-0.2, -0.15) is 0 Å². The zero-order valence-electron chi connectivity index (χ0n) is 15.8. The number of thioether (sulfide) groups is 1. The molecule has 1 amide bonds. The fourth-order valence-corrected chi connectivity index (χ4v) is 3.65. The first-order valence-corrected chi connectivity index (χ1v) is 9.99. The minimum Gasteiger partial charge on any atom is -0.325 e. The van der Waals surface area contributed by atoms with Crippen LogP contribution in [0.1, 0.15) is 25.8 Å². The molecule has 0 saturated heterocycles. The quantitative estimate of drug-likeness (QED) is 0.599.